The smallest absolute Gasteiger partial charge is 0.251 e. The van der Waals surface area contributed by atoms with E-state index in [-0.39, 0.29) is 5.91 Å². The number of carbonyl (C=O) groups is 1. The van der Waals surface area contributed by atoms with Gasteiger partial charge in [-0.1, -0.05) is 48.9 Å². The standard InChI is InChI=1S/C20H21NO/c22-20(21-19-13-14-6-7-18(19)12-14)17-10-8-16(9-11-17)15-4-2-1-3-5-15/h1-5,8-11,14,18-19H,6-7,12-13H2,(H,21,22)/t14-,18-,19-/m1/s1. The van der Waals surface area contributed by atoms with Crippen LogP contribution in [0.3, 0.4) is 0 Å². The molecule has 0 heterocycles. The first-order valence-electron chi connectivity index (χ1n) is 8.26. The lowest BCUT2D eigenvalue weighted by molar-refractivity contribution is 0.0923. The van der Waals surface area contributed by atoms with Crippen molar-refractivity contribution in [1.29, 1.82) is 0 Å². The molecule has 2 saturated carbocycles. The predicted molar refractivity (Wildman–Crippen MR) is 88.6 cm³/mol. The van der Waals surface area contributed by atoms with E-state index >= 15 is 0 Å². The Labute approximate surface area is 131 Å². The van der Waals surface area contributed by atoms with Crippen LogP contribution in [0.4, 0.5) is 0 Å². The number of carbonyl (C=O) groups excluding carboxylic acids is 1. The summed E-state index contributed by atoms with van der Waals surface area (Å²) in [6.45, 7) is 0. The van der Waals surface area contributed by atoms with Gasteiger partial charge in [0.05, 0.1) is 0 Å². The van der Waals surface area contributed by atoms with Crippen LogP contribution in [0.15, 0.2) is 54.6 Å². The largest absolute Gasteiger partial charge is 0.349 e. The van der Waals surface area contributed by atoms with Gasteiger partial charge in [-0.2, -0.15) is 0 Å². The zero-order valence-electron chi connectivity index (χ0n) is 12.7. The van der Waals surface area contributed by atoms with Gasteiger partial charge >= 0.3 is 0 Å². The van der Waals surface area contributed by atoms with Gasteiger partial charge < -0.3 is 5.32 Å². The van der Waals surface area contributed by atoms with Crippen molar-refractivity contribution >= 4 is 5.91 Å². The van der Waals surface area contributed by atoms with Gasteiger partial charge in [-0.15, -0.1) is 0 Å². The highest BCUT2D eigenvalue weighted by atomic mass is 16.1. The molecule has 2 fully saturated rings. The molecule has 3 atom stereocenters. The predicted octanol–water partition coefficient (Wildman–Crippen LogP) is 4.27. The molecule has 112 valence electrons. The highest BCUT2D eigenvalue weighted by molar-refractivity contribution is 5.94. The molecule has 0 radical (unpaired) electrons. The van der Waals surface area contributed by atoms with Gasteiger partial charge in [-0.3, -0.25) is 4.79 Å². The number of hydrogen-bond acceptors (Lipinski definition) is 1. The summed E-state index contributed by atoms with van der Waals surface area (Å²) in [7, 11) is 0. The van der Waals surface area contributed by atoms with Gasteiger partial charge in [0.15, 0.2) is 0 Å². The number of hydrogen-bond donors (Lipinski definition) is 1. The number of fused-ring (bicyclic) bond motifs is 2. The molecule has 2 aliphatic carbocycles. The van der Waals surface area contributed by atoms with E-state index < -0.39 is 0 Å². The molecular formula is C20H21NO. The fourth-order valence-electron chi connectivity index (χ4n) is 4.12. The summed E-state index contributed by atoms with van der Waals surface area (Å²) in [6.07, 6.45) is 5.15. The van der Waals surface area contributed by atoms with Crippen LogP contribution in [0.1, 0.15) is 36.0 Å². The Morgan fingerprint density at radius 3 is 2.23 bits per heavy atom. The van der Waals surface area contributed by atoms with Crippen LogP contribution in [0.2, 0.25) is 0 Å². The van der Waals surface area contributed by atoms with E-state index in [0.29, 0.717) is 6.04 Å². The molecule has 0 saturated heterocycles. The van der Waals surface area contributed by atoms with Crippen molar-refractivity contribution < 1.29 is 4.79 Å². The normalized spacial score (nSPS) is 26.1. The van der Waals surface area contributed by atoms with Crippen molar-refractivity contribution in [2.45, 2.75) is 31.7 Å². The summed E-state index contributed by atoms with van der Waals surface area (Å²) in [6, 6.07) is 18.6. The second-order valence-electron chi connectivity index (χ2n) is 6.70. The van der Waals surface area contributed by atoms with Gasteiger partial charge in [0.2, 0.25) is 0 Å². The van der Waals surface area contributed by atoms with Gasteiger partial charge in [-0.05, 0) is 54.4 Å². The van der Waals surface area contributed by atoms with Crippen LogP contribution < -0.4 is 5.32 Å². The fourth-order valence-corrected chi connectivity index (χ4v) is 4.12. The van der Waals surface area contributed by atoms with Crippen LogP contribution in [-0.2, 0) is 0 Å². The topological polar surface area (TPSA) is 29.1 Å². The van der Waals surface area contributed by atoms with E-state index in [0.717, 1.165) is 23.0 Å². The van der Waals surface area contributed by atoms with Crippen LogP contribution in [0.5, 0.6) is 0 Å². The first-order valence-corrected chi connectivity index (χ1v) is 8.26. The number of amides is 1. The Bertz CT molecular complexity index is 662. The van der Waals surface area contributed by atoms with Gasteiger partial charge in [0.25, 0.3) is 5.91 Å². The van der Waals surface area contributed by atoms with Gasteiger partial charge in [0.1, 0.15) is 0 Å². The number of rotatable bonds is 3. The van der Waals surface area contributed by atoms with E-state index in [4.69, 9.17) is 0 Å². The minimum Gasteiger partial charge on any atom is -0.349 e. The Morgan fingerprint density at radius 1 is 0.864 bits per heavy atom. The van der Waals surface area contributed by atoms with Gasteiger partial charge in [-0.25, -0.2) is 0 Å². The van der Waals surface area contributed by atoms with Crippen molar-refractivity contribution in [3.05, 3.63) is 60.2 Å². The van der Waals surface area contributed by atoms with Crippen LogP contribution in [0, 0.1) is 11.8 Å². The summed E-state index contributed by atoms with van der Waals surface area (Å²) in [5.74, 6) is 1.66. The quantitative estimate of drug-likeness (QED) is 0.899. The SMILES string of the molecule is O=C(N[C@@H]1C[C@@H]2CC[C@@H]1C2)c1ccc(-c2ccccc2)cc1. The van der Waals surface area contributed by atoms with Crippen molar-refractivity contribution in [2.75, 3.05) is 0 Å². The Balaban J connectivity index is 1.45. The molecule has 22 heavy (non-hydrogen) atoms. The molecule has 4 rings (SSSR count). The highest BCUT2D eigenvalue weighted by Gasteiger charge is 2.40. The van der Waals surface area contributed by atoms with E-state index in [9.17, 15) is 4.79 Å². The third kappa shape index (κ3) is 2.54. The maximum absolute atomic E-state index is 12.4. The molecular weight excluding hydrogens is 270 g/mol. The minimum absolute atomic E-state index is 0.0807. The maximum Gasteiger partial charge on any atom is 0.251 e. The minimum atomic E-state index is 0.0807. The zero-order valence-corrected chi connectivity index (χ0v) is 12.7. The fraction of sp³-hybridized carbons (Fsp3) is 0.350. The van der Waals surface area contributed by atoms with Crippen molar-refractivity contribution in [3.8, 4) is 11.1 Å². The molecule has 1 N–H and O–H groups in total. The lowest BCUT2D eigenvalue weighted by atomic mass is 9.95. The molecule has 0 aromatic heterocycles. The van der Waals surface area contributed by atoms with Crippen LogP contribution in [-0.4, -0.2) is 11.9 Å². The monoisotopic (exact) mass is 291 g/mol. The molecule has 0 aliphatic heterocycles. The molecule has 2 aromatic rings. The summed E-state index contributed by atoms with van der Waals surface area (Å²) in [5, 5.41) is 3.25. The molecule has 2 bridgehead atoms. The summed E-state index contributed by atoms with van der Waals surface area (Å²) in [4.78, 5) is 12.4. The second-order valence-corrected chi connectivity index (χ2v) is 6.70. The first kappa shape index (κ1) is 13.6. The van der Waals surface area contributed by atoms with Crippen molar-refractivity contribution in [1.82, 2.24) is 5.32 Å². The third-order valence-electron chi connectivity index (χ3n) is 5.31. The van der Waals surface area contributed by atoms with E-state index in [2.05, 4.69) is 17.4 Å². The zero-order chi connectivity index (χ0) is 14.9. The maximum atomic E-state index is 12.4. The Hall–Kier alpha value is -2.09. The number of benzene rings is 2. The van der Waals surface area contributed by atoms with E-state index in [1.807, 2.05) is 42.5 Å². The molecule has 0 unspecified atom stereocenters. The molecule has 0 spiro atoms. The highest BCUT2D eigenvalue weighted by Crippen LogP contribution is 2.44. The third-order valence-corrected chi connectivity index (χ3v) is 5.31. The average molecular weight is 291 g/mol. The lowest BCUT2D eigenvalue weighted by Crippen LogP contribution is -2.38. The van der Waals surface area contributed by atoms with Gasteiger partial charge in [0, 0.05) is 11.6 Å². The van der Waals surface area contributed by atoms with E-state index in [1.54, 1.807) is 0 Å². The van der Waals surface area contributed by atoms with Crippen LogP contribution in [0.25, 0.3) is 11.1 Å². The summed E-state index contributed by atoms with van der Waals surface area (Å²) < 4.78 is 0. The Kier molecular flexibility index (Phi) is 3.45. The molecule has 2 nitrogen and oxygen atoms in total. The lowest BCUT2D eigenvalue weighted by Gasteiger charge is -2.22. The molecule has 1 amide bonds. The first-order chi connectivity index (χ1) is 10.8. The van der Waals surface area contributed by atoms with E-state index in [1.165, 1.54) is 31.2 Å². The molecule has 2 heteroatoms. The average Bonchev–Trinajstić information content (AvgIpc) is 3.19. The summed E-state index contributed by atoms with van der Waals surface area (Å²) in [5.41, 5.74) is 3.10. The number of nitrogens with one attached hydrogen (secondary N) is 1. The van der Waals surface area contributed by atoms with Crippen molar-refractivity contribution in [3.63, 3.8) is 0 Å². The second kappa shape index (κ2) is 5.60. The van der Waals surface area contributed by atoms with Crippen LogP contribution >= 0.6 is 0 Å². The summed E-state index contributed by atoms with van der Waals surface area (Å²) >= 11 is 0. The van der Waals surface area contributed by atoms with Crippen molar-refractivity contribution in [2.24, 2.45) is 11.8 Å². The Morgan fingerprint density at radius 2 is 1.59 bits per heavy atom. The molecule has 2 aromatic carbocycles. The molecule has 2 aliphatic rings.